The third kappa shape index (κ3) is 5.36. The number of ether oxygens (including phenoxy) is 1. The van der Waals surface area contributed by atoms with E-state index in [0.29, 0.717) is 10.9 Å². The average molecular weight is 550 g/mol. The van der Waals surface area contributed by atoms with Crippen LogP contribution in [-0.2, 0) is 10.0 Å². The van der Waals surface area contributed by atoms with E-state index in [1.807, 2.05) is 0 Å². The molecule has 2 amide bonds. The number of nitrogens with zero attached hydrogens (tertiary/aromatic N) is 4. The first-order valence-electron chi connectivity index (χ1n) is 12.0. The second-order valence-corrected chi connectivity index (χ2v) is 10.5. The highest BCUT2D eigenvalue weighted by molar-refractivity contribution is 7.93. The predicted molar refractivity (Wildman–Crippen MR) is 142 cm³/mol. The number of carbonyl (C=O) groups is 2. The standard InChI is InChI=1S/C27H24FN5O5S/c1-38-23-15-21(31-39(36,37)24-6-2-4-18-5-3-9-30-25(18)24)7-8-22(23)27(35)33-12-10-32(11-13-33)26(34)19-14-20(28)17-29-16-19/h2-9,14-17,31H,10-13H2,1H3. The maximum atomic E-state index is 13.5. The van der Waals surface area contributed by atoms with Crippen molar-refractivity contribution in [1.82, 2.24) is 19.8 Å². The number of rotatable bonds is 6. The molecular weight excluding hydrogens is 525 g/mol. The number of anilines is 1. The molecule has 2 aromatic carbocycles. The molecule has 0 atom stereocenters. The summed E-state index contributed by atoms with van der Waals surface area (Å²) in [5.41, 5.74) is 0.961. The molecule has 200 valence electrons. The molecule has 5 rings (SSSR count). The number of aromatic nitrogens is 2. The number of halogens is 1. The Morgan fingerprint density at radius 2 is 1.67 bits per heavy atom. The molecule has 0 aliphatic carbocycles. The summed E-state index contributed by atoms with van der Waals surface area (Å²) in [5, 5.41) is 0.688. The number of methoxy groups -OCH3 is 1. The van der Waals surface area contributed by atoms with Crippen LogP contribution < -0.4 is 9.46 Å². The number of hydrogen-bond donors (Lipinski definition) is 1. The molecular formula is C27H24FN5O5S. The minimum absolute atomic E-state index is 0.0289. The Bertz CT molecular complexity index is 1670. The van der Waals surface area contributed by atoms with E-state index >= 15 is 0 Å². The van der Waals surface area contributed by atoms with Crippen molar-refractivity contribution >= 4 is 38.4 Å². The first-order chi connectivity index (χ1) is 18.8. The summed E-state index contributed by atoms with van der Waals surface area (Å²) in [6, 6.07) is 14.0. The zero-order valence-corrected chi connectivity index (χ0v) is 21.7. The van der Waals surface area contributed by atoms with Crippen LogP contribution in [0.1, 0.15) is 20.7 Å². The van der Waals surface area contributed by atoms with Gasteiger partial charge in [0.25, 0.3) is 21.8 Å². The molecule has 0 unspecified atom stereocenters. The van der Waals surface area contributed by atoms with Crippen molar-refractivity contribution in [2.75, 3.05) is 38.0 Å². The number of carbonyl (C=O) groups excluding carboxylic acids is 2. The molecule has 39 heavy (non-hydrogen) atoms. The zero-order valence-electron chi connectivity index (χ0n) is 20.9. The van der Waals surface area contributed by atoms with Gasteiger partial charge in [0.2, 0.25) is 0 Å². The molecule has 1 saturated heterocycles. The van der Waals surface area contributed by atoms with E-state index in [1.165, 1.54) is 48.7 Å². The fraction of sp³-hybridized carbons (Fsp3) is 0.185. The first kappa shape index (κ1) is 26.0. The molecule has 1 aliphatic rings. The van der Waals surface area contributed by atoms with Gasteiger partial charge in [0.1, 0.15) is 16.5 Å². The van der Waals surface area contributed by atoms with E-state index in [1.54, 1.807) is 29.2 Å². The molecule has 10 nitrogen and oxygen atoms in total. The average Bonchev–Trinajstić information content (AvgIpc) is 2.96. The maximum absolute atomic E-state index is 13.5. The Balaban J connectivity index is 1.30. The van der Waals surface area contributed by atoms with Gasteiger partial charge >= 0.3 is 0 Å². The van der Waals surface area contributed by atoms with E-state index in [4.69, 9.17) is 4.74 Å². The van der Waals surface area contributed by atoms with E-state index < -0.39 is 15.8 Å². The van der Waals surface area contributed by atoms with Gasteiger partial charge in [0.05, 0.1) is 35.6 Å². The van der Waals surface area contributed by atoms with Crippen molar-refractivity contribution < 1.29 is 27.1 Å². The van der Waals surface area contributed by atoms with Crippen LogP contribution in [-0.4, -0.2) is 73.3 Å². The van der Waals surface area contributed by atoms with Crippen molar-refractivity contribution in [1.29, 1.82) is 0 Å². The number of hydrogen-bond acceptors (Lipinski definition) is 7. The molecule has 0 bridgehead atoms. The number of para-hydroxylation sites is 1. The van der Waals surface area contributed by atoms with Crippen LogP contribution in [0.25, 0.3) is 10.9 Å². The summed E-state index contributed by atoms with van der Waals surface area (Å²) in [5.74, 6) is -1.08. The van der Waals surface area contributed by atoms with Crippen LogP contribution >= 0.6 is 0 Å². The lowest BCUT2D eigenvalue weighted by molar-refractivity contribution is 0.0533. The molecule has 0 saturated carbocycles. The van der Waals surface area contributed by atoms with Gasteiger partial charge in [-0.15, -0.1) is 0 Å². The molecule has 0 radical (unpaired) electrons. The lowest BCUT2D eigenvalue weighted by atomic mass is 10.1. The van der Waals surface area contributed by atoms with Crippen molar-refractivity contribution in [2.24, 2.45) is 0 Å². The monoisotopic (exact) mass is 549 g/mol. The van der Waals surface area contributed by atoms with Gasteiger partial charge in [-0.05, 0) is 30.3 Å². The van der Waals surface area contributed by atoms with E-state index in [-0.39, 0.29) is 65.5 Å². The second-order valence-electron chi connectivity index (χ2n) is 8.83. The fourth-order valence-electron chi connectivity index (χ4n) is 4.43. The number of fused-ring (bicyclic) bond motifs is 1. The van der Waals surface area contributed by atoms with Crippen molar-refractivity contribution in [3.05, 3.63) is 90.1 Å². The summed E-state index contributed by atoms with van der Waals surface area (Å²) in [7, 11) is -2.60. The molecule has 4 aromatic rings. The highest BCUT2D eigenvalue weighted by Crippen LogP contribution is 2.28. The van der Waals surface area contributed by atoms with Crippen LogP contribution in [0.5, 0.6) is 5.75 Å². The Morgan fingerprint density at radius 3 is 2.38 bits per heavy atom. The lowest BCUT2D eigenvalue weighted by Gasteiger charge is -2.35. The molecule has 12 heteroatoms. The van der Waals surface area contributed by atoms with Crippen LogP contribution in [0.4, 0.5) is 10.1 Å². The third-order valence-corrected chi connectivity index (χ3v) is 7.79. The van der Waals surface area contributed by atoms with Crippen LogP contribution in [0, 0.1) is 5.82 Å². The molecule has 2 aromatic heterocycles. The van der Waals surface area contributed by atoms with E-state index in [9.17, 15) is 22.4 Å². The van der Waals surface area contributed by atoms with Crippen LogP contribution in [0.3, 0.4) is 0 Å². The number of sulfonamides is 1. The zero-order chi connectivity index (χ0) is 27.6. The number of nitrogens with one attached hydrogen (secondary N) is 1. The van der Waals surface area contributed by atoms with Crippen molar-refractivity contribution in [3.63, 3.8) is 0 Å². The van der Waals surface area contributed by atoms with Gasteiger partial charge in [0, 0.05) is 50.0 Å². The highest BCUT2D eigenvalue weighted by Gasteiger charge is 2.28. The number of pyridine rings is 2. The first-order valence-corrected chi connectivity index (χ1v) is 13.5. The number of piperazine rings is 1. The van der Waals surface area contributed by atoms with Gasteiger partial charge in [0.15, 0.2) is 0 Å². The van der Waals surface area contributed by atoms with Crippen LogP contribution in [0.2, 0.25) is 0 Å². The SMILES string of the molecule is COc1cc(NS(=O)(=O)c2cccc3cccnc23)ccc1C(=O)N1CCN(C(=O)c2cncc(F)c2)CC1. The summed E-state index contributed by atoms with van der Waals surface area (Å²) < 4.78 is 47.7. The Kier molecular flexibility index (Phi) is 7.11. The molecule has 1 fully saturated rings. The van der Waals surface area contributed by atoms with Gasteiger partial charge < -0.3 is 14.5 Å². The summed E-state index contributed by atoms with van der Waals surface area (Å²) in [4.78, 5) is 37.0. The van der Waals surface area contributed by atoms with E-state index in [0.717, 1.165) is 12.3 Å². The molecule has 0 spiro atoms. The van der Waals surface area contributed by atoms with Crippen molar-refractivity contribution in [2.45, 2.75) is 4.90 Å². The minimum atomic E-state index is -3.99. The van der Waals surface area contributed by atoms with Gasteiger partial charge in [-0.3, -0.25) is 24.3 Å². The van der Waals surface area contributed by atoms with Crippen molar-refractivity contribution in [3.8, 4) is 5.75 Å². The highest BCUT2D eigenvalue weighted by atomic mass is 32.2. The molecule has 1 aliphatic heterocycles. The molecule has 1 N–H and O–H groups in total. The molecule has 3 heterocycles. The summed E-state index contributed by atoms with van der Waals surface area (Å²) >= 11 is 0. The third-order valence-electron chi connectivity index (χ3n) is 6.38. The quantitative estimate of drug-likeness (QED) is 0.392. The summed E-state index contributed by atoms with van der Waals surface area (Å²) in [6.07, 6.45) is 3.86. The predicted octanol–water partition coefficient (Wildman–Crippen LogP) is 3.18. The van der Waals surface area contributed by atoms with Gasteiger partial charge in [-0.25, -0.2) is 12.8 Å². The van der Waals surface area contributed by atoms with Gasteiger partial charge in [-0.1, -0.05) is 18.2 Å². The Morgan fingerprint density at radius 1 is 0.949 bits per heavy atom. The normalized spacial score (nSPS) is 13.8. The maximum Gasteiger partial charge on any atom is 0.264 e. The van der Waals surface area contributed by atoms with E-state index in [2.05, 4.69) is 14.7 Å². The number of benzene rings is 2. The Labute approximate surface area is 224 Å². The van der Waals surface area contributed by atoms with Gasteiger partial charge in [-0.2, -0.15) is 0 Å². The van der Waals surface area contributed by atoms with Crippen LogP contribution in [0.15, 0.2) is 78.1 Å². The minimum Gasteiger partial charge on any atom is -0.496 e. The second kappa shape index (κ2) is 10.7. The smallest absolute Gasteiger partial charge is 0.264 e. The lowest BCUT2D eigenvalue weighted by Crippen LogP contribution is -2.50. The topological polar surface area (TPSA) is 122 Å². The fourth-order valence-corrected chi connectivity index (χ4v) is 5.66. The summed E-state index contributed by atoms with van der Waals surface area (Å²) in [6.45, 7) is 1.05. The largest absolute Gasteiger partial charge is 0.496 e. The Hall–Kier alpha value is -4.58. The number of amides is 2.